The summed E-state index contributed by atoms with van der Waals surface area (Å²) in [5.74, 6) is 1.19. The summed E-state index contributed by atoms with van der Waals surface area (Å²) in [4.78, 5) is 20.3. The van der Waals surface area contributed by atoms with E-state index in [4.69, 9.17) is 4.52 Å². The number of para-hydroxylation sites is 2. The first kappa shape index (κ1) is 16.3. The fourth-order valence-electron chi connectivity index (χ4n) is 3.24. The fraction of sp³-hybridized carbons (Fsp3) is 0.0455. The summed E-state index contributed by atoms with van der Waals surface area (Å²) in [5, 5.41) is 7.81. The summed E-state index contributed by atoms with van der Waals surface area (Å²) in [5.41, 5.74) is 4.01. The van der Waals surface area contributed by atoms with Crippen molar-refractivity contribution in [3.8, 4) is 11.3 Å². The molecule has 6 nitrogen and oxygen atoms in total. The molecule has 0 unspecified atom stereocenters. The largest absolute Gasteiger partial charge is 0.355 e. The maximum absolute atomic E-state index is 12.6. The van der Waals surface area contributed by atoms with Gasteiger partial charge in [-0.15, -0.1) is 0 Å². The minimum atomic E-state index is -0.178. The van der Waals surface area contributed by atoms with Crippen molar-refractivity contribution in [1.29, 1.82) is 0 Å². The van der Waals surface area contributed by atoms with Crippen molar-refractivity contribution in [3.63, 3.8) is 0 Å². The van der Waals surface area contributed by atoms with Gasteiger partial charge >= 0.3 is 0 Å². The number of hydrogen-bond acceptors (Lipinski definition) is 4. The third-order valence-electron chi connectivity index (χ3n) is 4.63. The van der Waals surface area contributed by atoms with Crippen LogP contribution < -0.4 is 5.32 Å². The zero-order chi connectivity index (χ0) is 18.9. The molecule has 0 saturated carbocycles. The molecule has 1 amide bonds. The molecule has 0 aliphatic carbocycles. The predicted octanol–water partition coefficient (Wildman–Crippen LogP) is 4.30. The molecule has 2 heterocycles. The number of hydrogen-bond donors (Lipinski definition) is 2. The number of nitrogens with zero attached hydrogens (tertiary/aromatic N) is 2. The molecule has 5 aromatic rings. The molecule has 5 rings (SSSR count). The van der Waals surface area contributed by atoms with Gasteiger partial charge < -0.3 is 14.8 Å². The van der Waals surface area contributed by atoms with Crippen molar-refractivity contribution < 1.29 is 9.32 Å². The molecule has 6 heteroatoms. The molecule has 0 saturated heterocycles. The van der Waals surface area contributed by atoms with Crippen LogP contribution >= 0.6 is 0 Å². The second-order valence-corrected chi connectivity index (χ2v) is 6.49. The Morgan fingerprint density at radius 2 is 1.79 bits per heavy atom. The maximum atomic E-state index is 12.6. The Morgan fingerprint density at radius 3 is 2.64 bits per heavy atom. The normalized spacial score (nSPS) is 11.1. The van der Waals surface area contributed by atoms with Gasteiger partial charge in [-0.3, -0.25) is 4.79 Å². The number of carbonyl (C=O) groups is 1. The lowest BCUT2D eigenvalue weighted by Gasteiger charge is -2.04. The summed E-state index contributed by atoms with van der Waals surface area (Å²) in [7, 11) is 0. The Hall–Kier alpha value is -3.93. The Kier molecular flexibility index (Phi) is 3.87. The predicted molar refractivity (Wildman–Crippen MR) is 107 cm³/mol. The van der Waals surface area contributed by atoms with Crippen LogP contribution in [0.25, 0.3) is 33.3 Å². The first-order valence-electron chi connectivity index (χ1n) is 8.94. The van der Waals surface area contributed by atoms with Crippen molar-refractivity contribution in [1.82, 2.24) is 20.4 Å². The van der Waals surface area contributed by atoms with E-state index in [9.17, 15) is 4.79 Å². The summed E-state index contributed by atoms with van der Waals surface area (Å²) >= 11 is 0. The van der Waals surface area contributed by atoms with Crippen LogP contribution in [0.1, 0.15) is 16.2 Å². The topological polar surface area (TPSA) is 83.8 Å². The van der Waals surface area contributed by atoms with E-state index in [2.05, 4.69) is 20.4 Å². The van der Waals surface area contributed by atoms with E-state index in [0.717, 1.165) is 22.0 Å². The number of aromatic amines is 1. The van der Waals surface area contributed by atoms with Crippen molar-refractivity contribution in [2.24, 2.45) is 0 Å². The zero-order valence-corrected chi connectivity index (χ0v) is 14.8. The Bertz CT molecular complexity index is 1250. The van der Waals surface area contributed by atoms with Gasteiger partial charge in [-0.05, 0) is 30.3 Å². The van der Waals surface area contributed by atoms with Crippen molar-refractivity contribution in [3.05, 3.63) is 84.2 Å². The molecule has 0 aliphatic heterocycles. The van der Waals surface area contributed by atoms with Crippen LogP contribution in [-0.4, -0.2) is 21.0 Å². The van der Waals surface area contributed by atoms with Gasteiger partial charge in [-0.1, -0.05) is 47.6 Å². The molecule has 28 heavy (non-hydrogen) atoms. The Balaban J connectivity index is 1.40. The molecule has 136 valence electrons. The van der Waals surface area contributed by atoms with Crippen LogP contribution in [0.15, 0.2) is 77.3 Å². The molecule has 0 spiro atoms. The summed E-state index contributed by atoms with van der Waals surface area (Å²) in [6.07, 6.45) is 0. The monoisotopic (exact) mass is 368 g/mol. The van der Waals surface area contributed by atoms with Crippen molar-refractivity contribution in [2.45, 2.75) is 6.54 Å². The van der Waals surface area contributed by atoms with Crippen LogP contribution in [-0.2, 0) is 6.54 Å². The number of H-pyrrole nitrogens is 1. The third kappa shape index (κ3) is 2.91. The second-order valence-electron chi connectivity index (χ2n) is 6.49. The molecular weight excluding hydrogens is 352 g/mol. The highest BCUT2D eigenvalue weighted by Crippen LogP contribution is 2.29. The van der Waals surface area contributed by atoms with Gasteiger partial charge in [0.25, 0.3) is 5.91 Å². The van der Waals surface area contributed by atoms with Crippen molar-refractivity contribution >= 4 is 27.8 Å². The third-order valence-corrected chi connectivity index (χ3v) is 4.63. The standard InChI is InChI=1S/C22H16N4O2/c27-22(23-13-20-24-18-8-4-5-9-19(18)25-20)15-10-11-17-16(12-15)21(28-26-17)14-6-2-1-3-7-14/h1-12H,13H2,(H,23,27)(H,24,25). The van der Waals surface area contributed by atoms with E-state index >= 15 is 0 Å². The number of benzene rings is 3. The fourth-order valence-corrected chi connectivity index (χ4v) is 3.24. The number of amides is 1. The van der Waals surface area contributed by atoms with Crippen LogP contribution in [0.4, 0.5) is 0 Å². The van der Waals surface area contributed by atoms with Crippen molar-refractivity contribution in [2.75, 3.05) is 0 Å². The first-order valence-corrected chi connectivity index (χ1v) is 8.94. The lowest BCUT2D eigenvalue weighted by Crippen LogP contribution is -2.23. The van der Waals surface area contributed by atoms with Crippen LogP contribution in [0.3, 0.4) is 0 Å². The number of imidazole rings is 1. The molecule has 0 radical (unpaired) electrons. The lowest BCUT2D eigenvalue weighted by atomic mass is 10.1. The Labute approximate surface area is 160 Å². The summed E-state index contributed by atoms with van der Waals surface area (Å²) in [6.45, 7) is 0.320. The van der Waals surface area contributed by atoms with E-state index in [1.807, 2.05) is 60.7 Å². The molecule has 0 atom stereocenters. The first-order chi connectivity index (χ1) is 13.8. The van der Waals surface area contributed by atoms with Gasteiger partial charge in [0.2, 0.25) is 0 Å². The van der Waals surface area contributed by atoms with Crippen LogP contribution in [0.2, 0.25) is 0 Å². The van der Waals surface area contributed by atoms with Gasteiger partial charge in [0, 0.05) is 11.1 Å². The summed E-state index contributed by atoms with van der Waals surface area (Å²) in [6, 6.07) is 22.8. The maximum Gasteiger partial charge on any atom is 0.251 e. The SMILES string of the molecule is O=C(NCc1nc2ccccc2[nH]1)c1ccc2noc(-c3ccccc3)c2c1. The number of carbonyl (C=O) groups excluding carboxylic acids is 1. The molecule has 0 aliphatic rings. The minimum absolute atomic E-state index is 0.178. The second kappa shape index (κ2) is 6.66. The quantitative estimate of drug-likeness (QED) is 0.495. The minimum Gasteiger partial charge on any atom is -0.355 e. The van der Waals surface area contributed by atoms with Gasteiger partial charge in [0.05, 0.1) is 23.0 Å². The molecule has 2 aromatic heterocycles. The van der Waals surface area contributed by atoms with E-state index in [1.54, 1.807) is 12.1 Å². The molecule has 2 N–H and O–H groups in total. The molecular formula is C22H16N4O2. The van der Waals surface area contributed by atoms with Gasteiger partial charge in [-0.25, -0.2) is 4.98 Å². The number of rotatable bonds is 4. The number of aromatic nitrogens is 3. The highest BCUT2D eigenvalue weighted by Gasteiger charge is 2.14. The van der Waals surface area contributed by atoms with Crippen LogP contribution in [0.5, 0.6) is 0 Å². The average Bonchev–Trinajstić information content (AvgIpc) is 3.35. The summed E-state index contributed by atoms with van der Waals surface area (Å²) < 4.78 is 5.50. The van der Waals surface area contributed by atoms with E-state index < -0.39 is 0 Å². The molecule has 3 aromatic carbocycles. The molecule has 0 bridgehead atoms. The highest BCUT2D eigenvalue weighted by atomic mass is 16.5. The highest BCUT2D eigenvalue weighted by molar-refractivity contribution is 6.00. The smallest absolute Gasteiger partial charge is 0.251 e. The number of nitrogens with one attached hydrogen (secondary N) is 2. The van der Waals surface area contributed by atoms with Gasteiger partial charge in [0.15, 0.2) is 5.76 Å². The lowest BCUT2D eigenvalue weighted by molar-refractivity contribution is 0.0950. The van der Waals surface area contributed by atoms with E-state index in [0.29, 0.717) is 29.2 Å². The molecule has 0 fully saturated rings. The van der Waals surface area contributed by atoms with Gasteiger partial charge in [-0.2, -0.15) is 0 Å². The zero-order valence-electron chi connectivity index (χ0n) is 14.8. The average molecular weight is 368 g/mol. The Morgan fingerprint density at radius 1 is 0.964 bits per heavy atom. The van der Waals surface area contributed by atoms with Gasteiger partial charge in [0.1, 0.15) is 11.3 Å². The van der Waals surface area contributed by atoms with E-state index in [1.165, 1.54) is 0 Å². The number of fused-ring (bicyclic) bond motifs is 2. The van der Waals surface area contributed by atoms with E-state index in [-0.39, 0.29) is 5.91 Å². The van der Waals surface area contributed by atoms with Crippen LogP contribution in [0, 0.1) is 0 Å².